The van der Waals surface area contributed by atoms with E-state index in [4.69, 9.17) is 5.73 Å². The van der Waals surface area contributed by atoms with Gasteiger partial charge in [-0.2, -0.15) is 0 Å². The number of nitrogens with zero attached hydrogens (tertiary/aromatic N) is 2. The zero-order valence-corrected chi connectivity index (χ0v) is 10.7. The van der Waals surface area contributed by atoms with E-state index in [1.807, 2.05) is 34.9 Å². The molecule has 3 N–H and O–H groups in total. The third-order valence-electron chi connectivity index (χ3n) is 3.26. The summed E-state index contributed by atoms with van der Waals surface area (Å²) in [6.45, 7) is 0.384. The average Bonchev–Trinajstić information content (AvgIpc) is 2.76. The Kier molecular flexibility index (Phi) is 2.87. The van der Waals surface area contributed by atoms with E-state index in [-0.39, 0.29) is 5.56 Å². The first-order valence-corrected chi connectivity index (χ1v) is 6.19. The molecule has 0 fully saturated rings. The number of carboxylic acids is 1. The summed E-state index contributed by atoms with van der Waals surface area (Å²) in [4.78, 5) is 15.5. The van der Waals surface area contributed by atoms with Crippen molar-refractivity contribution in [2.45, 2.75) is 6.54 Å². The normalized spacial score (nSPS) is 10.8. The van der Waals surface area contributed by atoms with Gasteiger partial charge in [-0.1, -0.05) is 30.3 Å². The fourth-order valence-electron chi connectivity index (χ4n) is 2.30. The van der Waals surface area contributed by atoms with Crippen molar-refractivity contribution in [3.63, 3.8) is 0 Å². The van der Waals surface area contributed by atoms with Gasteiger partial charge in [0.15, 0.2) is 0 Å². The number of aromatic carboxylic acids is 1. The molecule has 1 heterocycles. The molecule has 0 bridgehead atoms. The Bertz CT molecular complexity index is 793. The Balaban J connectivity index is 2.10. The number of imidazole rings is 1. The molecular formula is C15H13N3O2. The molecule has 20 heavy (non-hydrogen) atoms. The number of benzene rings is 2. The van der Waals surface area contributed by atoms with Gasteiger partial charge < -0.3 is 15.4 Å². The molecule has 100 valence electrons. The maximum Gasteiger partial charge on any atom is 0.336 e. The number of anilines is 1. The molecule has 0 aliphatic rings. The smallest absolute Gasteiger partial charge is 0.336 e. The number of rotatable bonds is 3. The summed E-state index contributed by atoms with van der Waals surface area (Å²) < 4.78 is 1.82. The quantitative estimate of drug-likeness (QED) is 0.763. The van der Waals surface area contributed by atoms with Gasteiger partial charge in [-0.15, -0.1) is 0 Å². The highest BCUT2D eigenvalue weighted by molar-refractivity contribution is 5.89. The van der Waals surface area contributed by atoms with E-state index in [9.17, 15) is 9.90 Å². The first kappa shape index (κ1) is 12.2. The number of hydrogen-bond acceptors (Lipinski definition) is 3. The number of nitrogen functional groups attached to an aromatic ring is 1. The second kappa shape index (κ2) is 4.70. The van der Waals surface area contributed by atoms with Crippen LogP contribution in [0.15, 0.2) is 48.5 Å². The van der Waals surface area contributed by atoms with Crippen molar-refractivity contribution in [2.75, 3.05) is 5.73 Å². The molecule has 5 nitrogen and oxygen atoms in total. The van der Waals surface area contributed by atoms with Gasteiger partial charge in [-0.25, -0.2) is 9.78 Å². The molecule has 0 radical (unpaired) electrons. The summed E-state index contributed by atoms with van der Waals surface area (Å²) in [6.07, 6.45) is 0. The summed E-state index contributed by atoms with van der Waals surface area (Å²) in [7, 11) is 0. The maximum atomic E-state index is 11.2. The standard InChI is InChI=1S/C15H13N3O2/c16-15-17-12-7-3-4-8-13(12)18(15)9-10-5-1-2-6-11(10)14(19)20/h1-8H,9H2,(H2,16,17)(H,19,20). The highest BCUT2D eigenvalue weighted by atomic mass is 16.4. The molecule has 2 aromatic carbocycles. The Morgan fingerprint density at radius 2 is 1.85 bits per heavy atom. The Labute approximate surface area is 115 Å². The van der Waals surface area contributed by atoms with Gasteiger partial charge in [0, 0.05) is 0 Å². The van der Waals surface area contributed by atoms with Crippen LogP contribution >= 0.6 is 0 Å². The van der Waals surface area contributed by atoms with E-state index >= 15 is 0 Å². The van der Waals surface area contributed by atoms with Crippen LogP contribution in [0.4, 0.5) is 5.95 Å². The molecule has 0 atom stereocenters. The van der Waals surface area contributed by atoms with Gasteiger partial charge in [0.25, 0.3) is 0 Å². The van der Waals surface area contributed by atoms with Crippen LogP contribution in [0.5, 0.6) is 0 Å². The van der Waals surface area contributed by atoms with E-state index in [0.29, 0.717) is 18.1 Å². The van der Waals surface area contributed by atoms with Gasteiger partial charge >= 0.3 is 5.97 Å². The number of fused-ring (bicyclic) bond motifs is 1. The van der Waals surface area contributed by atoms with Crippen LogP contribution < -0.4 is 5.73 Å². The highest BCUT2D eigenvalue weighted by Crippen LogP contribution is 2.20. The fourth-order valence-corrected chi connectivity index (χ4v) is 2.30. The van der Waals surface area contributed by atoms with Crippen molar-refractivity contribution in [3.8, 4) is 0 Å². The number of carbonyl (C=O) groups is 1. The summed E-state index contributed by atoms with van der Waals surface area (Å²) >= 11 is 0. The number of para-hydroxylation sites is 2. The van der Waals surface area contributed by atoms with Gasteiger partial charge in [-0.05, 0) is 23.8 Å². The van der Waals surface area contributed by atoms with E-state index < -0.39 is 5.97 Å². The molecule has 0 amide bonds. The van der Waals surface area contributed by atoms with Gasteiger partial charge in [-0.3, -0.25) is 0 Å². The molecule has 1 aromatic heterocycles. The molecule has 5 heteroatoms. The van der Waals surface area contributed by atoms with Crippen LogP contribution in [0, 0.1) is 0 Å². The highest BCUT2D eigenvalue weighted by Gasteiger charge is 2.13. The largest absolute Gasteiger partial charge is 0.478 e. The van der Waals surface area contributed by atoms with E-state index in [1.54, 1.807) is 18.2 Å². The third-order valence-corrected chi connectivity index (χ3v) is 3.26. The van der Waals surface area contributed by atoms with Crippen LogP contribution in [0.1, 0.15) is 15.9 Å². The Hall–Kier alpha value is -2.82. The van der Waals surface area contributed by atoms with E-state index in [0.717, 1.165) is 11.0 Å². The molecule has 3 aromatic rings. The minimum absolute atomic E-state index is 0.282. The molecule has 0 spiro atoms. The lowest BCUT2D eigenvalue weighted by Crippen LogP contribution is -2.09. The number of hydrogen-bond donors (Lipinski definition) is 2. The molecule has 0 aliphatic carbocycles. The van der Waals surface area contributed by atoms with Crippen molar-refractivity contribution in [2.24, 2.45) is 0 Å². The number of nitrogens with two attached hydrogens (primary N) is 1. The van der Waals surface area contributed by atoms with Gasteiger partial charge in [0.05, 0.1) is 23.1 Å². The lowest BCUT2D eigenvalue weighted by molar-refractivity contribution is 0.0695. The van der Waals surface area contributed by atoms with Crippen LogP contribution in [0.3, 0.4) is 0 Å². The number of aromatic nitrogens is 2. The molecule has 0 aliphatic heterocycles. The van der Waals surface area contributed by atoms with Crippen molar-refractivity contribution in [1.82, 2.24) is 9.55 Å². The summed E-state index contributed by atoms with van der Waals surface area (Å²) in [5.74, 6) is -0.560. The monoisotopic (exact) mass is 267 g/mol. The SMILES string of the molecule is Nc1nc2ccccc2n1Cc1ccccc1C(=O)O. The second-order valence-corrected chi connectivity index (χ2v) is 4.51. The van der Waals surface area contributed by atoms with Crippen molar-refractivity contribution in [3.05, 3.63) is 59.7 Å². The van der Waals surface area contributed by atoms with Crippen molar-refractivity contribution >= 4 is 23.0 Å². The first-order valence-electron chi connectivity index (χ1n) is 6.19. The zero-order valence-electron chi connectivity index (χ0n) is 10.7. The second-order valence-electron chi connectivity index (χ2n) is 4.51. The van der Waals surface area contributed by atoms with E-state index in [1.165, 1.54) is 0 Å². The third kappa shape index (κ3) is 1.99. The minimum Gasteiger partial charge on any atom is -0.478 e. The molecule has 0 saturated carbocycles. The van der Waals surface area contributed by atoms with Gasteiger partial charge in [0.1, 0.15) is 0 Å². The van der Waals surface area contributed by atoms with E-state index in [2.05, 4.69) is 4.98 Å². The molecular weight excluding hydrogens is 254 g/mol. The average molecular weight is 267 g/mol. The van der Waals surface area contributed by atoms with Crippen molar-refractivity contribution in [1.29, 1.82) is 0 Å². The first-order chi connectivity index (χ1) is 9.66. The van der Waals surface area contributed by atoms with Crippen LogP contribution in [-0.2, 0) is 6.54 Å². The summed E-state index contributed by atoms with van der Waals surface area (Å²) in [5, 5.41) is 9.22. The summed E-state index contributed by atoms with van der Waals surface area (Å²) in [5.41, 5.74) is 8.61. The molecule has 3 rings (SSSR count). The lowest BCUT2D eigenvalue weighted by Gasteiger charge is -2.09. The van der Waals surface area contributed by atoms with Crippen LogP contribution in [0.2, 0.25) is 0 Å². The minimum atomic E-state index is -0.941. The van der Waals surface area contributed by atoms with Crippen LogP contribution in [-0.4, -0.2) is 20.6 Å². The zero-order chi connectivity index (χ0) is 14.1. The topological polar surface area (TPSA) is 81.1 Å². The predicted octanol–water partition coefficient (Wildman–Crippen LogP) is 2.37. The Morgan fingerprint density at radius 1 is 1.15 bits per heavy atom. The van der Waals surface area contributed by atoms with Gasteiger partial charge in [0.2, 0.25) is 5.95 Å². The summed E-state index contributed by atoms with van der Waals surface area (Å²) in [6, 6.07) is 14.5. The van der Waals surface area contributed by atoms with Crippen LogP contribution in [0.25, 0.3) is 11.0 Å². The number of carboxylic acid groups (broad SMARTS) is 1. The molecule has 0 unspecified atom stereocenters. The van der Waals surface area contributed by atoms with Crippen molar-refractivity contribution < 1.29 is 9.90 Å². The fraction of sp³-hybridized carbons (Fsp3) is 0.0667. The maximum absolute atomic E-state index is 11.2. The Morgan fingerprint density at radius 3 is 2.65 bits per heavy atom. The predicted molar refractivity (Wildman–Crippen MR) is 76.6 cm³/mol. The molecule has 0 saturated heterocycles. The lowest BCUT2D eigenvalue weighted by atomic mass is 10.1.